The van der Waals surface area contributed by atoms with Crippen LogP contribution in [-0.4, -0.2) is 24.5 Å². The van der Waals surface area contributed by atoms with Gasteiger partial charge in [-0.2, -0.15) is 0 Å². The Hall–Kier alpha value is -0.860. The van der Waals surface area contributed by atoms with Crippen LogP contribution >= 0.6 is 0 Å². The fourth-order valence-corrected chi connectivity index (χ4v) is 3.28. The van der Waals surface area contributed by atoms with Gasteiger partial charge in [0.25, 0.3) is 0 Å². The fraction of sp³-hybridized carbons (Fsp3) is 0.667. The van der Waals surface area contributed by atoms with Gasteiger partial charge in [0.15, 0.2) is 0 Å². The maximum absolute atomic E-state index is 3.20. The number of hydrogen-bond acceptors (Lipinski definition) is 2. The van der Waals surface area contributed by atoms with Crippen molar-refractivity contribution in [1.82, 2.24) is 10.2 Å². The van der Waals surface area contributed by atoms with Crippen LogP contribution in [0.1, 0.15) is 50.7 Å². The van der Waals surface area contributed by atoms with Crippen molar-refractivity contribution in [3.63, 3.8) is 0 Å². The highest BCUT2D eigenvalue weighted by Crippen LogP contribution is 2.25. The van der Waals surface area contributed by atoms with E-state index in [-0.39, 0.29) is 0 Å². The molecular formula is C18H30N2. The molecule has 1 saturated carbocycles. The van der Waals surface area contributed by atoms with Crippen LogP contribution in [0.15, 0.2) is 24.3 Å². The van der Waals surface area contributed by atoms with Crippen LogP contribution in [0, 0.1) is 5.92 Å². The molecule has 0 unspecified atom stereocenters. The Morgan fingerprint density at radius 2 is 1.70 bits per heavy atom. The lowest BCUT2D eigenvalue weighted by atomic mass is 10.1. The zero-order valence-electron chi connectivity index (χ0n) is 13.4. The number of nitrogens with one attached hydrogen (secondary N) is 1. The molecule has 0 saturated heterocycles. The average Bonchev–Trinajstić information content (AvgIpc) is 2.94. The van der Waals surface area contributed by atoms with E-state index in [1.165, 1.54) is 43.4 Å². The van der Waals surface area contributed by atoms with Crippen LogP contribution in [0.25, 0.3) is 0 Å². The summed E-state index contributed by atoms with van der Waals surface area (Å²) in [5, 5.41) is 3.20. The third kappa shape index (κ3) is 4.60. The Morgan fingerprint density at radius 1 is 1.10 bits per heavy atom. The van der Waals surface area contributed by atoms with E-state index in [4.69, 9.17) is 0 Å². The van der Waals surface area contributed by atoms with Crippen LogP contribution in [-0.2, 0) is 13.1 Å². The zero-order chi connectivity index (χ0) is 14.4. The predicted octanol–water partition coefficient (Wildman–Crippen LogP) is 3.81. The molecule has 0 atom stereocenters. The van der Waals surface area contributed by atoms with Gasteiger partial charge in [-0.1, -0.05) is 51.0 Å². The Labute approximate surface area is 124 Å². The van der Waals surface area contributed by atoms with Crippen molar-refractivity contribution in [3.05, 3.63) is 35.4 Å². The van der Waals surface area contributed by atoms with Crippen molar-refractivity contribution in [2.24, 2.45) is 5.92 Å². The molecule has 1 fully saturated rings. The van der Waals surface area contributed by atoms with E-state index in [9.17, 15) is 0 Å². The fourth-order valence-electron chi connectivity index (χ4n) is 3.28. The van der Waals surface area contributed by atoms with Gasteiger partial charge in [-0.25, -0.2) is 0 Å². The topological polar surface area (TPSA) is 15.3 Å². The summed E-state index contributed by atoms with van der Waals surface area (Å²) in [7, 11) is 2.00. The molecule has 112 valence electrons. The maximum atomic E-state index is 3.20. The lowest BCUT2D eigenvalue weighted by Gasteiger charge is -2.30. The molecule has 20 heavy (non-hydrogen) atoms. The molecule has 1 N–H and O–H groups in total. The smallest absolute Gasteiger partial charge is 0.0236 e. The summed E-state index contributed by atoms with van der Waals surface area (Å²) in [5.74, 6) is 0.749. The molecule has 0 bridgehead atoms. The molecule has 0 amide bonds. The zero-order valence-corrected chi connectivity index (χ0v) is 13.4. The van der Waals surface area contributed by atoms with E-state index in [2.05, 4.69) is 48.3 Å². The van der Waals surface area contributed by atoms with E-state index in [0.717, 1.165) is 25.0 Å². The van der Waals surface area contributed by atoms with Crippen molar-refractivity contribution >= 4 is 0 Å². The van der Waals surface area contributed by atoms with Crippen molar-refractivity contribution in [2.45, 2.75) is 58.7 Å². The molecule has 0 radical (unpaired) electrons. The number of benzene rings is 1. The molecule has 0 aromatic heterocycles. The van der Waals surface area contributed by atoms with Crippen LogP contribution in [0.4, 0.5) is 0 Å². The summed E-state index contributed by atoms with van der Waals surface area (Å²) in [5.41, 5.74) is 2.82. The third-order valence-corrected chi connectivity index (χ3v) is 4.23. The minimum atomic E-state index is 0.749. The summed E-state index contributed by atoms with van der Waals surface area (Å²) in [6.07, 6.45) is 5.62. The van der Waals surface area contributed by atoms with E-state index in [1.54, 1.807) is 0 Å². The minimum absolute atomic E-state index is 0.749. The van der Waals surface area contributed by atoms with Crippen LogP contribution in [0.2, 0.25) is 0 Å². The van der Waals surface area contributed by atoms with Crippen molar-refractivity contribution in [2.75, 3.05) is 13.6 Å². The first-order valence-corrected chi connectivity index (χ1v) is 8.15. The molecule has 1 aliphatic carbocycles. The maximum Gasteiger partial charge on any atom is 0.0236 e. The largest absolute Gasteiger partial charge is 0.316 e. The first-order chi connectivity index (χ1) is 9.69. The molecule has 1 aromatic rings. The number of nitrogens with zero attached hydrogens (tertiary/aromatic N) is 1. The van der Waals surface area contributed by atoms with Crippen LogP contribution < -0.4 is 5.32 Å². The van der Waals surface area contributed by atoms with Crippen molar-refractivity contribution in [3.8, 4) is 0 Å². The minimum Gasteiger partial charge on any atom is -0.316 e. The van der Waals surface area contributed by atoms with Gasteiger partial charge in [0, 0.05) is 25.7 Å². The third-order valence-electron chi connectivity index (χ3n) is 4.23. The predicted molar refractivity (Wildman–Crippen MR) is 86.7 cm³/mol. The molecule has 2 rings (SSSR count). The van der Waals surface area contributed by atoms with E-state index < -0.39 is 0 Å². The average molecular weight is 274 g/mol. The van der Waals surface area contributed by atoms with Crippen LogP contribution in [0.5, 0.6) is 0 Å². The highest BCUT2D eigenvalue weighted by atomic mass is 15.2. The van der Waals surface area contributed by atoms with Gasteiger partial charge in [-0.3, -0.25) is 4.90 Å². The summed E-state index contributed by atoms with van der Waals surface area (Å²) >= 11 is 0. The van der Waals surface area contributed by atoms with Gasteiger partial charge in [-0.15, -0.1) is 0 Å². The van der Waals surface area contributed by atoms with Gasteiger partial charge in [-0.05, 0) is 36.9 Å². The Balaban J connectivity index is 1.98. The molecule has 0 heterocycles. The summed E-state index contributed by atoms with van der Waals surface area (Å²) in [6.45, 7) is 7.96. The lowest BCUT2D eigenvalue weighted by molar-refractivity contribution is 0.168. The van der Waals surface area contributed by atoms with Gasteiger partial charge < -0.3 is 5.32 Å². The quantitative estimate of drug-likeness (QED) is 0.813. The van der Waals surface area contributed by atoms with Gasteiger partial charge in [0.1, 0.15) is 0 Å². The van der Waals surface area contributed by atoms with E-state index >= 15 is 0 Å². The summed E-state index contributed by atoms with van der Waals surface area (Å²) < 4.78 is 0. The molecule has 2 nitrogen and oxygen atoms in total. The summed E-state index contributed by atoms with van der Waals surface area (Å²) in [6, 6.07) is 9.93. The van der Waals surface area contributed by atoms with Gasteiger partial charge in [0.2, 0.25) is 0 Å². The second-order valence-corrected chi connectivity index (χ2v) is 6.61. The molecule has 1 aliphatic rings. The van der Waals surface area contributed by atoms with Gasteiger partial charge in [0.05, 0.1) is 0 Å². The lowest BCUT2D eigenvalue weighted by Crippen LogP contribution is -2.35. The Morgan fingerprint density at radius 3 is 2.25 bits per heavy atom. The molecule has 0 spiro atoms. The second-order valence-electron chi connectivity index (χ2n) is 6.61. The monoisotopic (exact) mass is 274 g/mol. The first-order valence-electron chi connectivity index (χ1n) is 8.15. The van der Waals surface area contributed by atoms with Crippen LogP contribution in [0.3, 0.4) is 0 Å². The molecular weight excluding hydrogens is 244 g/mol. The second kappa shape index (κ2) is 7.80. The van der Waals surface area contributed by atoms with E-state index in [0.29, 0.717) is 0 Å². The van der Waals surface area contributed by atoms with Crippen molar-refractivity contribution in [1.29, 1.82) is 0 Å². The first kappa shape index (κ1) is 15.5. The van der Waals surface area contributed by atoms with E-state index in [1.807, 2.05) is 7.05 Å². The normalized spacial score (nSPS) is 16.4. The molecule has 1 aromatic carbocycles. The Bertz CT molecular complexity index is 377. The summed E-state index contributed by atoms with van der Waals surface area (Å²) in [4.78, 5) is 2.71. The van der Waals surface area contributed by atoms with Crippen molar-refractivity contribution < 1.29 is 0 Å². The highest BCUT2D eigenvalue weighted by Gasteiger charge is 2.23. The van der Waals surface area contributed by atoms with Gasteiger partial charge >= 0.3 is 0 Å². The highest BCUT2D eigenvalue weighted by molar-refractivity contribution is 5.22. The molecule has 2 heteroatoms. The number of hydrogen-bond donors (Lipinski definition) is 1. The SMILES string of the molecule is CNCc1ccc(CN(CC(C)C)C2CCCC2)cc1. The standard InChI is InChI=1S/C18H30N2/c1-15(2)13-20(18-6-4-5-7-18)14-17-10-8-16(9-11-17)12-19-3/h8-11,15,18-19H,4-7,12-14H2,1-3H3. The Kier molecular flexibility index (Phi) is 6.06. The number of rotatable bonds is 7. The molecule has 0 aliphatic heterocycles.